The second-order valence-corrected chi connectivity index (χ2v) is 9.03. The van der Waals surface area contributed by atoms with Crippen molar-refractivity contribution in [3.05, 3.63) is 0 Å². The predicted molar refractivity (Wildman–Crippen MR) is 93.4 cm³/mol. The van der Waals surface area contributed by atoms with Crippen LogP contribution in [0.3, 0.4) is 0 Å². The van der Waals surface area contributed by atoms with Gasteiger partial charge >= 0.3 is 0 Å². The average molecular weight is 294 g/mol. The van der Waals surface area contributed by atoms with Crippen molar-refractivity contribution in [3.63, 3.8) is 0 Å². The van der Waals surface area contributed by atoms with Gasteiger partial charge in [0.05, 0.1) is 0 Å². The molecule has 0 aromatic rings. The van der Waals surface area contributed by atoms with Gasteiger partial charge in [0.25, 0.3) is 0 Å². The molecule has 0 radical (unpaired) electrons. The minimum absolute atomic E-state index is 0.769. The maximum absolute atomic E-state index is 4.18. The van der Waals surface area contributed by atoms with Crippen LogP contribution in [0.25, 0.3) is 0 Å². The highest BCUT2D eigenvalue weighted by atomic mass is 15.0. The summed E-state index contributed by atoms with van der Waals surface area (Å²) in [6, 6.07) is 1.54. The van der Waals surface area contributed by atoms with E-state index in [0.29, 0.717) is 0 Å². The van der Waals surface area contributed by atoms with Crippen LogP contribution in [0.1, 0.15) is 80.1 Å². The molecule has 1 heteroatoms. The molecule has 0 aromatic carbocycles. The molecule has 1 nitrogen and oxygen atoms in total. The molecule has 2 rings (SSSR count). The van der Waals surface area contributed by atoms with Gasteiger partial charge in [-0.05, 0) is 61.2 Å². The highest BCUT2D eigenvalue weighted by Gasteiger charge is 2.36. The molecule has 1 N–H and O–H groups in total. The fraction of sp³-hybridized carbons (Fsp3) is 1.00. The normalized spacial score (nSPS) is 41.7. The Balaban J connectivity index is 2.04. The smallest absolute Gasteiger partial charge is 0.0103 e. The monoisotopic (exact) mass is 293 g/mol. The molecular weight excluding hydrogens is 254 g/mol. The first-order valence-electron chi connectivity index (χ1n) is 9.64. The zero-order valence-electron chi connectivity index (χ0n) is 15.4. The van der Waals surface area contributed by atoms with Crippen molar-refractivity contribution in [2.45, 2.75) is 92.2 Å². The molecular formula is C20H39N. The maximum Gasteiger partial charge on any atom is 0.0103 e. The van der Waals surface area contributed by atoms with E-state index < -0.39 is 0 Å². The van der Waals surface area contributed by atoms with E-state index in [-0.39, 0.29) is 0 Å². The van der Waals surface area contributed by atoms with Crippen molar-refractivity contribution in [1.29, 1.82) is 0 Å². The van der Waals surface area contributed by atoms with Gasteiger partial charge in [0.15, 0.2) is 0 Å². The van der Waals surface area contributed by atoms with Crippen LogP contribution in [0.2, 0.25) is 0 Å². The summed E-state index contributed by atoms with van der Waals surface area (Å²) in [6.07, 6.45) is 8.55. The minimum Gasteiger partial charge on any atom is -0.311 e. The third-order valence-electron chi connectivity index (χ3n) is 6.47. The summed E-state index contributed by atoms with van der Waals surface area (Å²) in [7, 11) is 0. The molecule has 2 aliphatic rings. The summed E-state index contributed by atoms with van der Waals surface area (Å²) in [5.74, 6) is 5.27. The van der Waals surface area contributed by atoms with Gasteiger partial charge in [0.1, 0.15) is 0 Å². The minimum atomic E-state index is 0.769. The Morgan fingerprint density at radius 1 is 0.667 bits per heavy atom. The van der Waals surface area contributed by atoms with Crippen molar-refractivity contribution in [3.8, 4) is 0 Å². The molecule has 6 atom stereocenters. The second-order valence-electron chi connectivity index (χ2n) is 9.03. The molecule has 0 saturated heterocycles. The van der Waals surface area contributed by atoms with Crippen LogP contribution in [-0.4, -0.2) is 12.1 Å². The molecule has 124 valence electrons. The average Bonchev–Trinajstić information content (AvgIpc) is 2.38. The van der Waals surface area contributed by atoms with Gasteiger partial charge in [-0.25, -0.2) is 0 Å². The Morgan fingerprint density at radius 2 is 1.05 bits per heavy atom. The van der Waals surface area contributed by atoms with Gasteiger partial charge in [0.2, 0.25) is 0 Å². The van der Waals surface area contributed by atoms with Gasteiger partial charge in [-0.2, -0.15) is 0 Å². The van der Waals surface area contributed by atoms with Crippen molar-refractivity contribution < 1.29 is 0 Å². The Bertz CT molecular complexity index is 279. The van der Waals surface area contributed by atoms with E-state index in [0.717, 1.165) is 47.6 Å². The zero-order chi connectivity index (χ0) is 15.6. The largest absolute Gasteiger partial charge is 0.311 e. The predicted octanol–water partition coefficient (Wildman–Crippen LogP) is 5.50. The molecule has 0 heterocycles. The first kappa shape index (κ1) is 17.3. The molecule has 2 saturated carbocycles. The van der Waals surface area contributed by atoms with E-state index in [4.69, 9.17) is 0 Å². The van der Waals surface area contributed by atoms with E-state index >= 15 is 0 Å². The lowest BCUT2D eigenvalue weighted by molar-refractivity contribution is 0.106. The lowest BCUT2D eigenvalue weighted by Crippen LogP contribution is -2.52. The topological polar surface area (TPSA) is 12.0 Å². The van der Waals surface area contributed by atoms with Crippen molar-refractivity contribution in [2.75, 3.05) is 0 Å². The van der Waals surface area contributed by atoms with Gasteiger partial charge in [-0.15, -0.1) is 0 Å². The summed E-state index contributed by atoms with van der Waals surface area (Å²) < 4.78 is 0. The third kappa shape index (κ3) is 4.47. The highest BCUT2D eigenvalue weighted by Crippen LogP contribution is 2.38. The van der Waals surface area contributed by atoms with Gasteiger partial charge in [-0.3, -0.25) is 0 Å². The quantitative estimate of drug-likeness (QED) is 0.722. The molecule has 0 aliphatic heterocycles. The van der Waals surface area contributed by atoms with Crippen LogP contribution in [0, 0.1) is 35.5 Å². The van der Waals surface area contributed by atoms with Gasteiger partial charge < -0.3 is 5.32 Å². The molecule has 4 unspecified atom stereocenters. The number of nitrogens with one attached hydrogen (secondary N) is 1. The molecule has 21 heavy (non-hydrogen) atoms. The van der Waals surface area contributed by atoms with Crippen LogP contribution in [0.5, 0.6) is 0 Å². The van der Waals surface area contributed by atoms with E-state index in [1.807, 2.05) is 0 Å². The maximum atomic E-state index is 4.18. The summed E-state index contributed by atoms with van der Waals surface area (Å²) in [5.41, 5.74) is 0. The first-order valence-corrected chi connectivity index (χ1v) is 9.64. The SMILES string of the molecule is CC1CCC(C(C)C)C(NC2C[C@H](C)CC[C@H]2C(C)C)C1. The summed E-state index contributed by atoms with van der Waals surface area (Å²) in [5, 5.41) is 4.18. The summed E-state index contributed by atoms with van der Waals surface area (Å²) >= 11 is 0. The Labute approximate surface area is 133 Å². The van der Waals surface area contributed by atoms with Crippen molar-refractivity contribution in [1.82, 2.24) is 5.32 Å². The van der Waals surface area contributed by atoms with Crippen LogP contribution < -0.4 is 5.32 Å². The molecule has 0 spiro atoms. The van der Waals surface area contributed by atoms with E-state index in [2.05, 4.69) is 46.9 Å². The Hall–Kier alpha value is -0.0400. The van der Waals surface area contributed by atoms with Crippen LogP contribution in [-0.2, 0) is 0 Å². The Morgan fingerprint density at radius 3 is 1.38 bits per heavy atom. The van der Waals surface area contributed by atoms with Gasteiger partial charge in [-0.1, -0.05) is 54.4 Å². The second kappa shape index (κ2) is 7.49. The fourth-order valence-electron chi connectivity index (χ4n) is 5.06. The number of hydrogen-bond acceptors (Lipinski definition) is 1. The summed E-state index contributed by atoms with van der Waals surface area (Å²) in [6.45, 7) is 14.6. The number of rotatable bonds is 4. The number of hydrogen-bond donors (Lipinski definition) is 1. The fourth-order valence-corrected chi connectivity index (χ4v) is 5.06. The highest BCUT2D eigenvalue weighted by molar-refractivity contribution is 4.92. The standard InChI is InChI=1S/C20H39N/c1-13(2)17-9-7-15(5)11-19(17)21-20-12-16(6)8-10-18(20)14(3)4/h13-21H,7-12H2,1-6H3/t15-,16?,17+,18?,19?,20?/m1/s1. The van der Waals surface area contributed by atoms with Crippen LogP contribution in [0.4, 0.5) is 0 Å². The Kier molecular flexibility index (Phi) is 6.17. The van der Waals surface area contributed by atoms with E-state index in [1.165, 1.54) is 38.5 Å². The molecule has 2 fully saturated rings. The zero-order valence-corrected chi connectivity index (χ0v) is 15.4. The molecule has 0 amide bonds. The third-order valence-corrected chi connectivity index (χ3v) is 6.47. The lowest BCUT2D eigenvalue weighted by atomic mass is 9.70. The van der Waals surface area contributed by atoms with Crippen molar-refractivity contribution in [2.24, 2.45) is 35.5 Å². The molecule has 2 aliphatic carbocycles. The van der Waals surface area contributed by atoms with E-state index in [9.17, 15) is 0 Å². The molecule has 0 aromatic heterocycles. The van der Waals surface area contributed by atoms with E-state index in [1.54, 1.807) is 0 Å². The van der Waals surface area contributed by atoms with Crippen molar-refractivity contribution >= 4 is 0 Å². The lowest BCUT2D eigenvalue weighted by Gasteiger charge is -2.45. The summed E-state index contributed by atoms with van der Waals surface area (Å²) in [4.78, 5) is 0. The first-order chi connectivity index (χ1) is 9.88. The van der Waals surface area contributed by atoms with Crippen LogP contribution in [0.15, 0.2) is 0 Å². The van der Waals surface area contributed by atoms with Crippen LogP contribution >= 0.6 is 0 Å². The molecule has 0 bridgehead atoms. The van der Waals surface area contributed by atoms with Gasteiger partial charge in [0, 0.05) is 12.1 Å².